The van der Waals surface area contributed by atoms with Crippen LogP contribution in [0.3, 0.4) is 0 Å². The molecule has 34 heavy (non-hydrogen) atoms. The second-order valence-corrected chi connectivity index (χ2v) is 8.18. The minimum Gasteiger partial charge on any atom is -0.490 e. The summed E-state index contributed by atoms with van der Waals surface area (Å²) in [6.07, 6.45) is 4.58. The number of para-hydroxylation sites is 3. The molecule has 0 spiro atoms. The molecule has 7 nitrogen and oxygen atoms in total. The van der Waals surface area contributed by atoms with Crippen LogP contribution in [0.15, 0.2) is 67.0 Å². The van der Waals surface area contributed by atoms with Crippen LogP contribution in [0.5, 0.6) is 11.5 Å². The number of hydrogen-bond acceptors (Lipinski definition) is 5. The minimum absolute atomic E-state index is 0.00836. The summed E-state index contributed by atoms with van der Waals surface area (Å²) in [5.41, 5.74) is 2.35. The first kappa shape index (κ1) is 23.3. The van der Waals surface area contributed by atoms with Crippen LogP contribution in [0.1, 0.15) is 46.0 Å². The zero-order valence-electron chi connectivity index (χ0n) is 19.5. The molecular formula is C27H29N3O4. The number of aromatic nitrogens is 1. The minimum atomic E-state index is -0.272. The van der Waals surface area contributed by atoms with E-state index in [4.69, 9.17) is 9.47 Å². The summed E-state index contributed by atoms with van der Waals surface area (Å²) in [4.78, 5) is 31.9. The zero-order valence-corrected chi connectivity index (χ0v) is 19.5. The van der Waals surface area contributed by atoms with Crippen molar-refractivity contribution in [3.05, 3.63) is 83.7 Å². The van der Waals surface area contributed by atoms with E-state index in [1.165, 1.54) is 0 Å². The number of benzene rings is 2. The molecule has 3 aromatic rings. The molecule has 0 radical (unpaired) electrons. The molecule has 7 heteroatoms. The highest BCUT2D eigenvalue weighted by Gasteiger charge is 2.27. The number of pyridine rings is 1. The van der Waals surface area contributed by atoms with Crippen LogP contribution in [-0.2, 0) is 0 Å². The third kappa shape index (κ3) is 5.36. The fourth-order valence-corrected chi connectivity index (χ4v) is 4.05. The molecule has 2 aromatic carbocycles. The second-order valence-electron chi connectivity index (χ2n) is 8.18. The van der Waals surface area contributed by atoms with Gasteiger partial charge in [0, 0.05) is 43.9 Å². The van der Waals surface area contributed by atoms with Crippen molar-refractivity contribution in [1.29, 1.82) is 0 Å². The number of carbonyl (C=O) groups excluding carboxylic acids is 2. The molecule has 0 bridgehead atoms. The van der Waals surface area contributed by atoms with Crippen LogP contribution < -0.4 is 14.8 Å². The Balaban J connectivity index is 1.43. The smallest absolute Gasteiger partial charge is 0.255 e. The summed E-state index contributed by atoms with van der Waals surface area (Å²) in [6, 6.07) is 16.4. The van der Waals surface area contributed by atoms with E-state index >= 15 is 0 Å². The molecule has 4 rings (SSSR count). The third-order valence-electron chi connectivity index (χ3n) is 5.86. The summed E-state index contributed by atoms with van der Waals surface area (Å²) in [5, 5.41) is 2.92. The lowest BCUT2D eigenvalue weighted by Crippen LogP contribution is -2.42. The molecule has 1 aliphatic heterocycles. The molecule has 0 unspecified atom stereocenters. The van der Waals surface area contributed by atoms with Gasteiger partial charge in [0.05, 0.1) is 17.9 Å². The van der Waals surface area contributed by atoms with E-state index in [2.05, 4.69) is 10.3 Å². The Hall–Kier alpha value is -3.87. The number of anilines is 1. The first-order valence-corrected chi connectivity index (χ1v) is 11.6. The maximum absolute atomic E-state index is 13.4. The Bertz CT molecular complexity index is 1140. The van der Waals surface area contributed by atoms with Crippen molar-refractivity contribution in [3.63, 3.8) is 0 Å². The first-order chi connectivity index (χ1) is 16.6. The van der Waals surface area contributed by atoms with E-state index < -0.39 is 0 Å². The van der Waals surface area contributed by atoms with Crippen LogP contribution in [0.2, 0.25) is 0 Å². The molecule has 0 atom stereocenters. The van der Waals surface area contributed by atoms with E-state index in [0.717, 1.165) is 29.9 Å². The summed E-state index contributed by atoms with van der Waals surface area (Å²) in [5.74, 6) is 1.10. The average Bonchev–Trinajstić information content (AvgIpc) is 2.87. The van der Waals surface area contributed by atoms with Crippen molar-refractivity contribution in [3.8, 4) is 11.5 Å². The maximum Gasteiger partial charge on any atom is 0.255 e. The van der Waals surface area contributed by atoms with E-state index in [0.29, 0.717) is 36.5 Å². The molecule has 0 saturated carbocycles. The topological polar surface area (TPSA) is 80.8 Å². The van der Waals surface area contributed by atoms with Crippen molar-refractivity contribution < 1.29 is 19.1 Å². The number of hydrogen-bond donors (Lipinski definition) is 1. The Morgan fingerprint density at radius 2 is 1.71 bits per heavy atom. The van der Waals surface area contributed by atoms with Crippen LogP contribution in [0.4, 0.5) is 5.69 Å². The van der Waals surface area contributed by atoms with Gasteiger partial charge in [0.1, 0.15) is 6.10 Å². The van der Waals surface area contributed by atoms with Gasteiger partial charge in [0.2, 0.25) is 0 Å². The van der Waals surface area contributed by atoms with E-state index in [1.807, 2.05) is 55.1 Å². The van der Waals surface area contributed by atoms with Crippen LogP contribution in [-0.4, -0.2) is 47.5 Å². The number of nitrogens with zero attached hydrogens (tertiary/aromatic N) is 2. The number of rotatable bonds is 7. The fourth-order valence-electron chi connectivity index (χ4n) is 4.05. The highest BCUT2D eigenvalue weighted by Crippen LogP contribution is 2.30. The largest absolute Gasteiger partial charge is 0.490 e. The molecule has 1 N–H and O–H groups in total. The SMILES string of the molecule is CCOc1ccccc1OC1CCN(C(=O)c2cccc(C)c2NC(=O)c2ccncc2)CC1. The second kappa shape index (κ2) is 10.8. The van der Waals surface area contributed by atoms with E-state index in [9.17, 15) is 9.59 Å². The van der Waals surface area contributed by atoms with Crippen molar-refractivity contribution in [1.82, 2.24) is 9.88 Å². The molecule has 0 aliphatic carbocycles. The van der Waals surface area contributed by atoms with Gasteiger partial charge in [-0.05, 0) is 49.7 Å². The Morgan fingerprint density at radius 3 is 2.41 bits per heavy atom. The molecule has 1 saturated heterocycles. The van der Waals surface area contributed by atoms with Gasteiger partial charge in [-0.15, -0.1) is 0 Å². The fraction of sp³-hybridized carbons (Fsp3) is 0.296. The normalized spacial score (nSPS) is 13.9. The molecule has 2 amide bonds. The van der Waals surface area contributed by atoms with Crippen LogP contribution >= 0.6 is 0 Å². The number of nitrogens with one attached hydrogen (secondary N) is 1. The van der Waals surface area contributed by atoms with Crippen LogP contribution in [0, 0.1) is 6.92 Å². The van der Waals surface area contributed by atoms with Gasteiger partial charge in [-0.2, -0.15) is 0 Å². The Morgan fingerprint density at radius 1 is 1.00 bits per heavy atom. The molecule has 1 aliphatic rings. The first-order valence-electron chi connectivity index (χ1n) is 11.6. The highest BCUT2D eigenvalue weighted by atomic mass is 16.5. The number of amides is 2. The number of likely N-dealkylation sites (tertiary alicyclic amines) is 1. The number of aryl methyl sites for hydroxylation is 1. The Labute approximate surface area is 199 Å². The highest BCUT2D eigenvalue weighted by molar-refractivity contribution is 6.09. The predicted molar refractivity (Wildman–Crippen MR) is 131 cm³/mol. The lowest BCUT2D eigenvalue weighted by Gasteiger charge is -2.33. The molecule has 1 fully saturated rings. The molecule has 176 valence electrons. The molecule has 1 aromatic heterocycles. The zero-order chi connectivity index (χ0) is 23.9. The Kier molecular flexibility index (Phi) is 7.42. The van der Waals surface area contributed by atoms with Crippen LogP contribution in [0.25, 0.3) is 0 Å². The van der Waals surface area contributed by atoms with Gasteiger partial charge in [-0.1, -0.05) is 24.3 Å². The van der Waals surface area contributed by atoms with Gasteiger partial charge < -0.3 is 19.7 Å². The standard InChI is InChI=1S/C27H29N3O4/c1-3-33-23-9-4-5-10-24(23)34-21-13-17-30(18-14-21)27(32)22-8-6-7-19(2)25(22)29-26(31)20-11-15-28-16-12-20/h4-12,15-16,21H,3,13-14,17-18H2,1-2H3,(H,29,31). The van der Waals surface area contributed by atoms with E-state index in [-0.39, 0.29) is 17.9 Å². The average molecular weight is 460 g/mol. The van der Waals surface area contributed by atoms with Gasteiger partial charge in [0.25, 0.3) is 11.8 Å². The van der Waals surface area contributed by atoms with Gasteiger partial charge in [-0.25, -0.2) is 0 Å². The molecule has 2 heterocycles. The summed E-state index contributed by atoms with van der Waals surface area (Å²) in [6.45, 7) is 5.55. The maximum atomic E-state index is 13.4. The van der Waals surface area contributed by atoms with Gasteiger partial charge in [-0.3, -0.25) is 14.6 Å². The lowest BCUT2D eigenvalue weighted by molar-refractivity contribution is 0.0590. The van der Waals surface area contributed by atoms with Gasteiger partial charge in [0.15, 0.2) is 11.5 Å². The van der Waals surface area contributed by atoms with E-state index in [1.54, 1.807) is 30.6 Å². The number of piperidine rings is 1. The summed E-state index contributed by atoms with van der Waals surface area (Å²) in [7, 11) is 0. The molecular weight excluding hydrogens is 430 g/mol. The monoisotopic (exact) mass is 459 g/mol. The predicted octanol–water partition coefficient (Wildman–Crippen LogP) is 4.72. The lowest BCUT2D eigenvalue weighted by atomic mass is 10.0. The van der Waals surface area contributed by atoms with Crippen molar-refractivity contribution in [2.75, 3.05) is 25.0 Å². The van der Waals surface area contributed by atoms with Crippen molar-refractivity contribution in [2.24, 2.45) is 0 Å². The van der Waals surface area contributed by atoms with Crippen molar-refractivity contribution in [2.45, 2.75) is 32.8 Å². The summed E-state index contributed by atoms with van der Waals surface area (Å²) >= 11 is 0. The summed E-state index contributed by atoms with van der Waals surface area (Å²) < 4.78 is 11.8. The quantitative estimate of drug-likeness (QED) is 0.553. The third-order valence-corrected chi connectivity index (χ3v) is 5.86. The number of ether oxygens (including phenoxy) is 2. The van der Waals surface area contributed by atoms with Crippen molar-refractivity contribution >= 4 is 17.5 Å². The number of carbonyl (C=O) groups is 2. The van der Waals surface area contributed by atoms with Gasteiger partial charge >= 0.3 is 0 Å².